The number of nitrogens with zero attached hydrogens (tertiary/aromatic N) is 2. The summed E-state index contributed by atoms with van der Waals surface area (Å²) in [6, 6.07) is 1.12. The van der Waals surface area contributed by atoms with Gasteiger partial charge in [0, 0.05) is 6.04 Å². The molecule has 18 heavy (non-hydrogen) atoms. The minimum absolute atomic E-state index is 0.0957. The Balaban J connectivity index is 1.91. The minimum atomic E-state index is 0.0957. The first-order valence-electron chi connectivity index (χ1n) is 6.87. The average molecular weight is 252 g/mol. The molecular formula is C13H24N4O. The first kappa shape index (κ1) is 13.3. The standard InChI is InChI=1S/C13H24N4O/c1-8-5-6-11(7-9(8)2)15-13-17-16-12(18-13)10(3)14-4/h8-11,14H,5-7H2,1-4H3,(H,15,17). The third-order valence-corrected chi connectivity index (χ3v) is 4.17. The lowest BCUT2D eigenvalue weighted by Gasteiger charge is -2.31. The Morgan fingerprint density at radius 3 is 2.67 bits per heavy atom. The highest BCUT2D eigenvalue weighted by atomic mass is 16.4. The lowest BCUT2D eigenvalue weighted by atomic mass is 9.79. The molecular weight excluding hydrogens is 228 g/mol. The molecule has 1 aliphatic carbocycles. The Hall–Kier alpha value is -1.10. The monoisotopic (exact) mass is 252 g/mol. The van der Waals surface area contributed by atoms with Crippen LogP contribution in [0.15, 0.2) is 4.42 Å². The highest BCUT2D eigenvalue weighted by Crippen LogP contribution is 2.30. The average Bonchev–Trinajstić information content (AvgIpc) is 2.81. The Labute approximate surface area is 109 Å². The van der Waals surface area contributed by atoms with Crippen LogP contribution >= 0.6 is 0 Å². The van der Waals surface area contributed by atoms with E-state index >= 15 is 0 Å². The van der Waals surface area contributed by atoms with Gasteiger partial charge >= 0.3 is 6.01 Å². The van der Waals surface area contributed by atoms with E-state index in [2.05, 4.69) is 34.7 Å². The zero-order valence-electron chi connectivity index (χ0n) is 11.7. The Kier molecular flexibility index (Phi) is 4.22. The first-order chi connectivity index (χ1) is 8.60. The van der Waals surface area contributed by atoms with Crippen LogP contribution in [-0.2, 0) is 0 Å². The zero-order valence-corrected chi connectivity index (χ0v) is 11.7. The quantitative estimate of drug-likeness (QED) is 0.862. The third kappa shape index (κ3) is 3.02. The van der Waals surface area contributed by atoms with Crippen molar-refractivity contribution in [3.8, 4) is 0 Å². The number of hydrogen-bond donors (Lipinski definition) is 2. The van der Waals surface area contributed by atoms with Crippen LogP contribution in [0, 0.1) is 11.8 Å². The second kappa shape index (κ2) is 5.69. The number of aromatic nitrogens is 2. The molecule has 2 N–H and O–H groups in total. The Morgan fingerprint density at radius 2 is 2.00 bits per heavy atom. The SMILES string of the molecule is CNC(C)c1nnc(NC2CCC(C)C(C)C2)o1. The van der Waals surface area contributed by atoms with Crippen molar-refractivity contribution in [3.05, 3.63) is 5.89 Å². The van der Waals surface area contributed by atoms with Gasteiger partial charge in [0.2, 0.25) is 5.89 Å². The smallest absolute Gasteiger partial charge is 0.315 e. The maximum Gasteiger partial charge on any atom is 0.315 e. The maximum atomic E-state index is 5.61. The van der Waals surface area contributed by atoms with E-state index in [-0.39, 0.29) is 6.04 Å². The van der Waals surface area contributed by atoms with Crippen LogP contribution in [0.1, 0.15) is 52.0 Å². The number of anilines is 1. The number of rotatable bonds is 4. The van der Waals surface area contributed by atoms with E-state index in [4.69, 9.17) is 4.42 Å². The van der Waals surface area contributed by atoms with Crippen LogP contribution in [0.25, 0.3) is 0 Å². The van der Waals surface area contributed by atoms with Crippen molar-refractivity contribution in [3.63, 3.8) is 0 Å². The second-order valence-corrected chi connectivity index (χ2v) is 5.56. The molecule has 4 atom stereocenters. The molecule has 0 aliphatic heterocycles. The lowest BCUT2D eigenvalue weighted by Crippen LogP contribution is -2.30. The summed E-state index contributed by atoms with van der Waals surface area (Å²) in [6.45, 7) is 6.66. The van der Waals surface area contributed by atoms with Crippen molar-refractivity contribution in [2.45, 2.75) is 52.1 Å². The van der Waals surface area contributed by atoms with Crippen LogP contribution in [0.5, 0.6) is 0 Å². The molecule has 0 bridgehead atoms. The van der Waals surface area contributed by atoms with Gasteiger partial charge in [-0.05, 0) is 45.1 Å². The molecule has 4 unspecified atom stereocenters. The van der Waals surface area contributed by atoms with E-state index in [1.807, 2.05) is 14.0 Å². The molecule has 1 aromatic rings. The molecule has 0 aromatic carbocycles. The molecule has 1 aromatic heterocycles. The van der Waals surface area contributed by atoms with E-state index < -0.39 is 0 Å². The molecule has 1 aliphatic rings. The minimum Gasteiger partial charge on any atom is -0.406 e. The fourth-order valence-electron chi connectivity index (χ4n) is 2.44. The van der Waals surface area contributed by atoms with E-state index in [9.17, 15) is 0 Å². The molecule has 1 fully saturated rings. The van der Waals surface area contributed by atoms with Crippen molar-refractivity contribution in [2.24, 2.45) is 11.8 Å². The van der Waals surface area contributed by atoms with Gasteiger partial charge in [0.15, 0.2) is 0 Å². The van der Waals surface area contributed by atoms with Gasteiger partial charge in [-0.1, -0.05) is 18.9 Å². The normalized spacial score (nSPS) is 30.1. The second-order valence-electron chi connectivity index (χ2n) is 5.56. The summed E-state index contributed by atoms with van der Waals surface area (Å²) in [5, 5.41) is 14.6. The van der Waals surface area contributed by atoms with E-state index in [0.717, 1.165) is 11.8 Å². The van der Waals surface area contributed by atoms with Crippen LogP contribution in [0.2, 0.25) is 0 Å². The van der Waals surface area contributed by atoms with Gasteiger partial charge in [0.25, 0.3) is 0 Å². The van der Waals surface area contributed by atoms with Gasteiger partial charge in [-0.3, -0.25) is 0 Å². The lowest BCUT2D eigenvalue weighted by molar-refractivity contribution is 0.258. The molecule has 5 heteroatoms. The fraction of sp³-hybridized carbons (Fsp3) is 0.846. The first-order valence-corrected chi connectivity index (χ1v) is 6.87. The van der Waals surface area contributed by atoms with Crippen LogP contribution < -0.4 is 10.6 Å². The molecule has 2 rings (SSSR count). The fourth-order valence-corrected chi connectivity index (χ4v) is 2.44. The topological polar surface area (TPSA) is 63.0 Å². The van der Waals surface area contributed by atoms with Crippen LogP contribution in [0.3, 0.4) is 0 Å². The van der Waals surface area contributed by atoms with Crippen molar-refractivity contribution >= 4 is 6.01 Å². The third-order valence-electron chi connectivity index (χ3n) is 4.17. The van der Waals surface area contributed by atoms with E-state index in [1.165, 1.54) is 19.3 Å². The van der Waals surface area contributed by atoms with Gasteiger partial charge in [0.05, 0.1) is 6.04 Å². The molecule has 0 spiro atoms. The van der Waals surface area contributed by atoms with Crippen molar-refractivity contribution in [1.82, 2.24) is 15.5 Å². The van der Waals surface area contributed by atoms with Crippen molar-refractivity contribution < 1.29 is 4.42 Å². The predicted octanol–water partition coefficient (Wildman–Crippen LogP) is 2.59. The van der Waals surface area contributed by atoms with Crippen molar-refractivity contribution in [1.29, 1.82) is 0 Å². The number of hydrogen-bond acceptors (Lipinski definition) is 5. The molecule has 0 amide bonds. The van der Waals surface area contributed by atoms with Gasteiger partial charge in [-0.15, -0.1) is 5.10 Å². The van der Waals surface area contributed by atoms with E-state index in [0.29, 0.717) is 17.9 Å². The predicted molar refractivity (Wildman–Crippen MR) is 71.4 cm³/mol. The molecule has 102 valence electrons. The van der Waals surface area contributed by atoms with E-state index in [1.54, 1.807) is 0 Å². The van der Waals surface area contributed by atoms with Crippen LogP contribution in [-0.4, -0.2) is 23.3 Å². The molecule has 1 saturated carbocycles. The molecule has 5 nitrogen and oxygen atoms in total. The summed E-state index contributed by atoms with van der Waals surface area (Å²) in [5.74, 6) is 2.22. The maximum absolute atomic E-state index is 5.61. The van der Waals surface area contributed by atoms with Gasteiger partial charge in [-0.25, -0.2) is 0 Å². The van der Waals surface area contributed by atoms with Crippen LogP contribution in [0.4, 0.5) is 6.01 Å². The highest BCUT2D eigenvalue weighted by molar-refractivity contribution is 5.20. The highest BCUT2D eigenvalue weighted by Gasteiger charge is 2.25. The zero-order chi connectivity index (χ0) is 13.1. The van der Waals surface area contributed by atoms with Gasteiger partial charge in [-0.2, -0.15) is 0 Å². The molecule has 0 radical (unpaired) electrons. The summed E-state index contributed by atoms with van der Waals surface area (Å²) in [4.78, 5) is 0. The Bertz CT molecular complexity index is 379. The summed E-state index contributed by atoms with van der Waals surface area (Å²) in [6.07, 6.45) is 3.64. The molecule has 0 saturated heterocycles. The summed E-state index contributed by atoms with van der Waals surface area (Å²) < 4.78 is 5.61. The summed E-state index contributed by atoms with van der Waals surface area (Å²) >= 11 is 0. The van der Waals surface area contributed by atoms with Gasteiger partial charge < -0.3 is 15.1 Å². The van der Waals surface area contributed by atoms with Crippen molar-refractivity contribution in [2.75, 3.05) is 12.4 Å². The molecule has 1 heterocycles. The number of nitrogens with one attached hydrogen (secondary N) is 2. The summed E-state index contributed by atoms with van der Waals surface area (Å²) in [5.41, 5.74) is 0. The summed E-state index contributed by atoms with van der Waals surface area (Å²) in [7, 11) is 1.88. The van der Waals surface area contributed by atoms with Gasteiger partial charge in [0.1, 0.15) is 0 Å². The Morgan fingerprint density at radius 1 is 1.22 bits per heavy atom. The largest absolute Gasteiger partial charge is 0.406 e.